The van der Waals surface area contributed by atoms with Crippen LogP contribution < -0.4 is 10.6 Å². The summed E-state index contributed by atoms with van der Waals surface area (Å²) in [5.41, 5.74) is 0. The van der Waals surface area contributed by atoms with Gasteiger partial charge in [0.15, 0.2) is 0 Å². The number of carbonyl (C=O) groups is 4. The second-order valence-corrected chi connectivity index (χ2v) is 14.7. The number of aliphatic carboxylic acids is 1. The molecule has 0 aromatic heterocycles. The van der Waals surface area contributed by atoms with Gasteiger partial charge in [-0.1, -0.05) is 150 Å². The predicted octanol–water partition coefficient (Wildman–Crippen LogP) is 11.3. The van der Waals surface area contributed by atoms with Crippen LogP contribution in [0.25, 0.3) is 0 Å². The van der Waals surface area contributed by atoms with Crippen molar-refractivity contribution in [2.45, 2.75) is 187 Å². The number of hydrogen-bond donors (Lipinski definition) is 4. The number of ether oxygens (including phenoxy) is 1. The number of carbonyl (C=O) groups excluding carboxylic acids is 3. The second kappa shape index (κ2) is 42.6. The molecular formula is C49H80N2O7. The maximum atomic E-state index is 12.8. The van der Waals surface area contributed by atoms with E-state index in [1.807, 2.05) is 0 Å². The average Bonchev–Trinajstić information content (AvgIpc) is 3.21. The number of carboxylic acid groups (broad SMARTS) is 1. The highest BCUT2D eigenvalue weighted by molar-refractivity contribution is 5.87. The Morgan fingerprint density at radius 3 is 1.48 bits per heavy atom. The summed E-state index contributed by atoms with van der Waals surface area (Å²) in [6.45, 7) is 3.24. The van der Waals surface area contributed by atoms with Gasteiger partial charge in [0.25, 0.3) is 0 Å². The molecule has 0 saturated carbocycles. The molecule has 0 aliphatic heterocycles. The molecule has 328 valence electrons. The summed E-state index contributed by atoms with van der Waals surface area (Å²) in [7, 11) is 0. The van der Waals surface area contributed by atoms with Gasteiger partial charge in [0.2, 0.25) is 11.8 Å². The van der Waals surface area contributed by atoms with Gasteiger partial charge in [-0.15, -0.1) is 0 Å². The summed E-state index contributed by atoms with van der Waals surface area (Å²) in [4.78, 5) is 47.6. The molecule has 0 aromatic carbocycles. The fourth-order valence-corrected chi connectivity index (χ4v) is 6.01. The Kier molecular flexibility index (Phi) is 39.7. The normalized spacial score (nSPS) is 13.3. The van der Waals surface area contributed by atoms with Gasteiger partial charge in [0.1, 0.15) is 12.1 Å². The monoisotopic (exact) mass is 809 g/mol. The molecule has 0 bridgehead atoms. The molecule has 9 nitrogen and oxygen atoms in total. The van der Waals surface area contributed by atoms with Crippen LogP contribution in [0, 0.1) is 0 Å². The van der Waals surface area contributed by atoms with Crippen molar-refractivity contribution in [2.24, 2.45) is 0 Å². The molecule has 58 heavy (non-hydrogen) atoms. The molecule has 0 fully saturated rings. The Bertz CT molecular complexity index is 1250. The first-order valence-corrected chi connectivity index (χ1v) is 22.5. The number of aliphatic hydroxyl groups is 1. The van der Waals surface area contributed by atoms with Crippen LogP contribution in [0.2, 0.25) is 0 Å². The third-order valence-electron chi connectivity index (χ3n) is 9.40. The summed E-state index contributed by atoms with van der Waals surface area (Å²) in [6, 6.07) is -1.39. The van der Waals surface area contributed by atoms with Crippen LogP contribution in [0.3, 0.4) is 0 Å². The lowest BCUT2D eigenvalue weighted by Crippen LogP contribution is -2.47. The fourth-order valence-electron chi connectivity index (χ4n) is 6.01. The molecule has 2 amide bonds. The molecular weight excluding hydrogens is 729 g/mol. The smallest absolute Gasteiger partial charge is 0.328 e. The zero-order chi connectivity index (χ0) is 42.6. The molecule has 0 saturated heterocycles. The van der Waals surface area contributed by atoms with E-state index >= 15 is 0 Å². The van der Waals surface area contributed by atoms with Gasteiger partial charge >= 0.3 is 11.9 Å². The van der Waals surface area contributed by atoms with Gasteiger partial charge in [-0.25, -0.2) is 4.79 Å². The maximum Gasteiger partial charge on any atom is 0.328 e. The van der Waals surface area contributed by atoms with Crippen molar-refractivity contribution in [3.8, 4) is 0 Å². The minimum atomic E-state index is -1.39. The van der Waals surface area contributed by atoms with Gasteiger partial charge in [-0.3, -0.25) is 14.4 Å². The highest BCUT2D eigenvalue weighted by Gasteiger charge is 2.19. The first-order chi connectivity index (χ1) is 28.3. The quantitative estimate of drug-likeness (QED) is 0.0275. The third kappa shape index (κ3) is 38.9. The summed E-state index contributed by atoms with van der Waals surface area (Å²) < 4.78 is 5.99. The molecule has 2 atom stereocenters. The molecule has 0 aliphatic carbocycles. The highest BCUT2D eigenvalue weighted by atomic mass is 16.5. The molecule has 0 aromatic rings. The molecule has 0 aliphatic rings. The Morgan fingerprint density at radius 1 is 0.517 bits per heavy atom. The first-order valence-electron chi connectivity index (χ1n) is 22.5. The van der Waals surface area contributed by atoms with E-state index in [9.17, 15) is 19.2 Å². The fraction of sp³-hybridized carbons (Fsp3) is 0.633. The van der Waals surface area contributed by atoms with Gasteiger partial charge in [0, 0.05) is 12.8 Å². The topological polar surface area (TPSA) is 142 Å². The SMILES string of the molecule is CC/C=C\C/C=C\C/C=C\C/C=C\CCC(CCCCCCCC(=O)NCC(=O)NC(CO)C(=O)O)OC(=O)CCCCCCCCC/C=C\C/C=C\C/C=C\CC. The van der Waals surface area contributed by atoms with Crippen LogP contribution in [0.1, 0.15) is 174 Å². The standard InChI is InChI=1S/C49H80N2O7/c1-3-5-7-9-11-13-15-17-18-19-20-22-24-26-28-33-37-41-48(55)58-44(38-34-30-27-25-23-21-16-14-12-10-8-6-4-2)39-35-31-29-32-36-40-46(53)50-42-47(54)51-45(43-52)49(56)57/h5-8,11-14,17-18,21,23,27,30,44-45,52H,3-4,9-10,15-16,19-20,22,24-26,28-29,31-43H2,1-2H3,(H,50,53)(H,51,54)(H,56,57)/b7-5-,8-6-,13-11-,14-12-,18-17-,23-21-,30-27-. The number of allylic oxidation sites excluding steroid dienone is 14. The molecule has 9 heteroatoms. The Hall–Kier alpha value is -3.98. The van der Waals surface area contributed by atoms with Gasteiger partial charge in [0.05, 0.1) is 13.2 Å². The molecule has 4 N–H and O–H groups in total. The Morgan fingerprint density at radius 2 is 0.966 bits per heavy atom. The van der Waals surface area contributed by atoms with E-state index in [1.165, 1.54) is 25.7 Å². The number of rotatable bonds is 39. The van der Waals surface area contributed by atoms with Gasteiger partial charge in [-0.05, 0) is 96.3 Å². The third-order valence-corrected chi connectivity index (χ3v) is 9.40. The van der Waals surface area contributed by atoms with Crippen LogP contribution in [0.15, 0.2) is 85.1 Å². The number of aliphatic hydroxyl groups excluding tert-OH is 1. The highest BCUT2D eigenvalue weighted by Crippen LogP contribution is 2.17. The molecule has 0 radical (unpaired) electrons. The second-order valence-electron chi connectivity index (χ2n) is 14.7. The van der Waals surface area contributed by atoms with E-state index in [1.54, 1.807) is 0 Å². The van der Waals surface area contributed by atoms with E-state index in [-0.39, 0.29) is 30.9 Å². The Balaban J connectivity index is 4.44. The van der Waals surface area contributed by atoms with Crippen molar-refractivity contribution in [3.05, 3.63) is 85.1 Å². The minimum absolute atomic E-state index is 0.0938. The van der Waals surface area contributed by atoms with Crippen molar-refractivity contribution < 1.29 is 34.1 Å². The zero-order valence-electron chi connectivity index (χ0n) is 36.3. The van der Waals surface area contributed by atoms with E-state index in [2.05, 4.69) is 110 Å². The van der Waals surface area contributed by atoms with Crippen LogP contribution >= 0.6 is 0 Å². The maximum absolute atomic E-state index is 12.8. The predicted molar refractivity (Wildman–Crippen MR) is 240 cm³/mol. The van der Waals surface area contributed by atoms with Crippen molar-refractivity contribution in [1.82, 2.24) is 10.6 Å². The number of unbranched alkanes of at least 4 members (excludes halogenated alkanes) is 11. The molecule has 0 rings (SSSR count). The largest absolute Gasteiger partial charge is 0.480 e. The average molecular weight is 809 g/mol. The van der Waals surface area contributed by atoms with E-state index < -0.39 is 24.5 Å². The lowest BCUT2D eigenvalue weighted by molar-refractivity contribution is -0.150. The number of esters is 1. The van der Waals surface area contributed by atoms with Crippen molar-refractivity contribution in [2.75, 3.05) is 13.2 Å². The molecule has 0 spiro atoms. The molecule has 2 unspecified atom stereocenters. The lowest BCUT2D eigenvalue weighted by Gasteiger charge is -2.17. The Labute approximate surface area is 352 Å². The number of hydrogen-bond acceptors (Lipinski definition) is 6. The number of carboxylic acids is 1. The minimum Gasteiger partial charge on any atom is -0.480 e. The van der Waals surface area contributed by atoms with Crippen molar-refractivity contribution >= 4 is 23.8 Å². The van der Waals surface area contributed by atoms with Gasteiger partial charge in [-0.2, -0.15) is 0 Å². The summed E-state index contributed by atoms with van der Waals surface area (Å²) >= 11 is 0. The zero-order valence-corrected chi connectivity index (χ0v) is 36.3. The van der Waals surface area contributed by atoms with E-state index in [0.717, 1.165) is 116 Å². The van der Waals surface area contributed by atoms with Crippen LogP contribution in [-0.4, -0.2) is 59.3 Å². The summed E-state index contributed by atoms with van der Waals surface area (Å²) in [5.74, 6) is -2.37. The van der Waals surface area contributed by atoms with E-state index in [4.69, 9.17) is 14.9 Å². The van der Waals surface area contributed by atoms with Crippen molar-refractivity contribution in [3.63, 3.8) is 0 Å². The summed E-state index contributed by atoms with van der Waals surface area (Å²) in [6.07, 6.45) is 54.7. The number of amides is 2. The van der Waals surface area contributed by atoms with Crippen LogP contribution in [0.4, 0.5) is 0 Å². The first kappa shape index (κ1) is 54.0. The van der Waals surface area contributed by atoms with Crippen LogP contribution in [0.5, 0.6) is 0 Å². The van der Waals surface area contributed by atoms with Crippen molar-refractivity contribution in [1.29, 1.82) is 0 Å². The number of nitrogens with one attached hydrogen (secondary N) is 2. The van der Waals surface area contributed by atoms with Gasteiger partial charge < -0.3 is 25.6 Å². The van der Waals surface area contributed by atoms with Crippen LogP contribution in [-0.2, 0) is 23.9 Å². The molecule has 0 heterocycles. The van der Waals surface area contributed by atoms with E-state index in [0.29, 0.717) is 12.8 Å². The lowest BCUT2D eigenvalue weighted by atomic mass is 10.0. The summed E-state index contributed by atoms with van der Waals surface area (Å²) in [5, 5.41) is 22.6.